The Balaban J connectivity index is 1.54. The molecule has 11 heteroatoms. The summed E-state index contributed by atoms with van der Waals surface area (Å²) in [5.41, 5.74) is 2.57. The van der Waals surface area contributed by atoms with Gasteiger partial charge in [0.05, 0.1) is 20.3 Å². The van der Waals surface area contributed by atoms with Crippen LogP contribution in [0.1, 0.15) is 17.7 Å². The van der Waals surface area contributed by atoms with Crippen LogP contribution in [0.5, 0.6) is 11.6 Å². The maximum atomic E-state index is 12.6. The summed E-state index contributed by atoms with van der Waals surface area (Å²) in [6.45, 7) is 0.186. The summed E-state index contributed by atoms with van der Waals surface area (Å²) in [7, 11) is 3.32. The number of ether oxygens (including phenoxy) is 2. The molecule has 0 aliphatic heterocycles. The SMILES string of the molecule is COc1ccc(NC(=O)CN(C)c2nc(-c3cc(OCCO)ccn3)nc3c2CCC3)nn1. The molecule has 2 N–H and O–H groups in total. The number of aromatic nitrogens is 5. The maximum Gasteiger partial charge on any atom is 0.245 e. The molecule has 0 bridgehead atoms. The summed E-state index contributed by atoms with van der Waals surface area (Å²) < 4.78 is 10.5. The summed E-state index contributed by atoms with van der Waals surface area (Å²) in [6, 6.07) is 6.71. The number of nitrogens with one attached hydrogen (secondary N) is 1. The number of carbonyl (C=O) groups is 1. The number of rotatable bonds is 9. The van der Waals surface area contributed by atoms with Gasteiger partial charge in [0.15, 0.2) is 11.6 Å². The molecule has 1 amide bonds. The van der Waals surface area contributed by atoms with Crippen molar-refractivity contribution in [3.05, 3.63) is 41.7 Å². The molecule has 11 nitrogen and oxygen atoms in total. The van der Waals surface area contributed by atoms with Gasteiger partial charge in [-0.15, -0.1) is 10.2 Å². The number of fused-ring (bicyclic) bond motifs is 1. The van der Waals surface area contributed by atoms with Crippen LogP contribution in [0.4, 0.5) is 11.6 Å². The number of aliphatic hydroxyl groups excluding tert-OH is 1. The van der Waals surface area contributed by atoms with Crippen molar-refractivity contribution in [3.63, 3.8) is 0 Å². The molecule has 0 saturated heterocycles. The second kappa shape index (κ2) is 10.2. The summed E-state index contributed by atoms with van der Waals surface area (Å²) in [6.07, 6.45) is 4.30. The molecular weight excluding hydrogens is 426 g/mol. The van der Waals surface area contributed by atoms with Crippen LogP contribution >= 0.6 is 0 Å². The van der Waals surface area contributed by atoms with E-state index in [1.165, 1.54) is 7.11 Å². The Bertz CT molecular complexity index is 1120. The van der Waals surface area contributed by atoms with Crippen molar-refractivity contribution in [1.82, 2.24) is 25.1 Å². The molecule has 0 fully saturated rings. The highest BCUT2D eigenvalue weighted by molar-refractivity contribution is 5.93. The van der Waals surface area contributed by atoms with Crippen molar-refractivity contribution in [2.24, 2.45) is 0 Å². The van der Waals surface area contributed by atoms with E-state index >= 15 is 0 Å². The number of aryl methyl sites for hydroxylation is 1. The summed E-state index contributed by atoms with van der Waals surface area (Å²) in [5.74, 6) is 2.20. The minimum atomic E-state index is -0.249. The number of carbonyl (C=O) groups excluding carboxylic acids is 1. The highest BCUT2D eigenvalue weighted by atomic mass is 16.5. The average molecular weight is 451 g/mol. The molecule has 0 aromatic carbocycles. The highest BCUT2D eigenvalue weighted by Crippen LogP contribution is 2.31. The third kappa shape index (κ3) is 5.32. The van der Waals surface area contributed by atoms with E-state index < -0.39 is 0 Å². The van der Waals surface area contributed by atoms with Gasteiger partial charge in [0.2, 0.25) is 11.8 Å². The highest BCUT2D eigenvalue weighted by Gasteiger charge is 2.23. The van der Waals surface area contributed by atoms with Gasteiger partial charge in [0.1, 0.15) is 23.9 Å². The molecule has 0 saturated carbocycles. The molecule has 1 aliphatic carbocycles. The lowest BCUT2D eigenvalue weighted by atomic mass is 10.2. The van der Waals surface area contributed by atoms with Crippen LogP contribution in [-0.2, 0) is 17.6 Å². The van der Waals surface area contributed by atoms with Gasteiger partial charge in [-0.2, -0.15) is 0 Å². The van der Waals surface area contributed by atoms with Gasteiger partial charge in [-0.05, 0) is 31.4 Å². The predicted octanol–water partition coefficient (Wildman–Crippen LogP) is 1.27. The molecule has 172 valence electrons. The van der Waals surface area contributed by atoms with Crippen LogP contribution < -0.4 is 19.7 Å². The van der Waals surface area contributed by atoms with Gasteiger partial charge in [-0.1, -0.05) is 0 Å². The van der Waals surface area contributed by atoms with E-state index in [1.54, 1.807) is 35.4 Å². The molecule has 0 atom stereocenters. The van der Waals surface area contributed by atoms with Crippen molar-refractivity contribution in [1.29, 1.82) is 0 Å². The van der Waals surface area contributed by atoms with E-state index in [1.807, 2.05) is 7.05 Å². The van der Waals surface area contributed by atoms with E-state index in [0.29, 0.717) is 34.8 Å². The largest absolute Gasteiger partial charge is 0.491 e. The fourth-order valence-corrected chi connectivity index (χ4v) is 3.60. The zero-order chi connectivity index (χ0) is 23.2. The van der Waals surface area contributed by atoms with Crippen molar-refractivity contribution in [2.45, 2.75) is 19.3 Å². The first-order chi connectivity index (χ1) is 16.1. The molecule has 4 rings (SSSR count). The lowest BCUT2D eigenvalue weighted by Gasteiger charge is -2.21. The monoisotopic (exact) mass is 451 g/mol. The zero-order valence-electron chi connectivity index (χ0n) is 18.5. The van der Waals surface area contributed by atoms with E-state index in [0.717, 1.165) is 30.5 Å². The number of pyridine rings is 1. The molecule has 1 aliphatic rings. The number of hydrogen-bond donors (Lipinski definition) is 2. The van der Waals surface area contributed by atoms with Crippen LogP contribution in [0.25, 0.3) is 11.5 Å². The molecule has 33 heavy (non-hydrogen) atoms. The van der Waals surface area contributed by atoms with Crippen LogP contribution in [0.15, 0.2) is 30.5 Å². The number of nitrogens with zero attached hydrogens (tertiary/aromatic N) is 6. The third-order valence-electron chi connectivity index (χ3n) is 5.09. The standard InChI is InChI=1S/C22H25N7O4/c1-29(13-19(31)25-18-6-7-20(32-2)28-27-18)22-15-4-3-5-16(15)24-21(26-22)17-12-14(8-9-23-17)33-11-10-30/h6-9,12,30H,3-5,10-11,13H2,1-2H3,(H,25,27,31). The number of methoxy groups -OCH3 is 1. The van der Waals surface area contributed by atoms with Crippen molar-refractivity contribution in [3.8, 4) is 23.1 Å². The quantitative estimate of drug-likeness (QED) is 0.489. The number of amides is 1. The van der Waals surface area contributed by atoms with Gasteiger partial charge in [-0.25, -0.2) is 9.97 Å². The van der Waals surface area contributed by atoms with Crippen molar-refractivity contribution < 1.29 is 19.4 Å². The number of aliphatic hydroxyl groups is 1. The average Bonchev–Trinajstić information content (AvgIpc) is 3.31. The fourth-order valence-electron chi connectivity index (χ4n) is 3.60. The minimum Gasteiger partial charge on any atom is -0.491 e. The zero-order valence-corrected chi connectivity index (χ0v) is 18.5. The Morgan fingerprint density at radius 3 is 2.85 bits per heavy atom. The van der Waals surface area contributed by atoms with Gasteiger partial charge in [0.25, 0.3) is 0 Å². The van der Waals surface area contributed by atoms with Crippen LogP contribution in [0.3, 0.4) is 0 Å². The number of anilines is 2. The van der Waals surface area contributed by atoms with E-state index in [2.05, 4.69) is 20.5 Å². The molecule has 0 unspecified atom stereocenters. The predicted molar refractivity (Wildman–Crippen MR) is 120 cm³/mol. The summed E-state index contributed by atoms with van der Waals surface area (Å²) >= 11 is 0. The van der Waals surface area contributed by atoms with Gasteiger partial charge in [-0.3, -0.25) is 9.78 Å². The van der Waals surface area contributed by atoms with Crippen LogP contribution in [0.2, 0.25) is 0 Å². The first-order valence-electron chi connectivity index (χ1n) is 10.6. The number of hydrogen-bond acceptors (Lipinski definition) is 10. The molecule has 3 heterocycles. The molecule has 0 spiro atoms. The lowest BCUT2D eigenvalue weighted by molar-refractivity contribution is -0.115. The Labute approximate surface area is 190 Å². The first kappa shape index (κ1) is 22.3. The number of likely N-dealkylation sites (N-methyl/N-ethyl adjacent to an activating group) is 1. The first-order valence-corrected chi connectivity index (χ1v) is 10.6. The van der Waals surface area contributed by atoms with Gasteiger partial charge in [0, 0.05) is 36.6 Å². The molecule has 3 aromatic heterocycles. The van der Waals surface area contributed by atoms with Crippen molar-refractivity contribution in [2.75, 3.05) is 44.1 Å². The Kier molecular flexibility index (Phi) is 6.89. The second-order valence-corrected chi connectivity index (χ2v) is 7.46. The second-order valence-electron chi connectivity index (χ2n) is 7.46. The molecule has 0 radical (unpaired) electrons. The van der Waals surface area contributed by atoms with Gasteiger partial charge >= 0.3 is 0 Å². The Morgan fingerprint density at radius 2 is 2.09 bits per heavy atom. The van der Waals surface area contributed by atoms with Gasteiger partial charge < -0.3 is 24.8 Å². The smallest absolute Gasteiger partial charge is 0.245 e. The topological polar surface area (TPSA) is 135 Å². The molecular formula is C22H25N7O4. The van der Waals surface area contributed by atoms with E-state index in [4.69, 9.17) is 24.5 Å². The summed E-state index contributed by atoms with van der Waals surface area (Å²) in [4.78, 5) is 28.2. The summed E-state index contributed by atoms with van der Waals surface area (Å²) in [5, 5.41) is 19.5. The lowest BCUT2D eigenvalue weighted by Crippen LogP contribution is -2.32. The Hall–Kier alpha value is -3.86. The normalized spacial score (nSPS) is 12.2. The van der Waals surface area contributed by atoms with E-state index in [-0.39, 0.29) is 25.7 Å². The Morgan fingerprint density at radius 1 is 1.21 bits per heavy atom. The van der Waals surface area contributed by atoms with E-state index in [9.17, 15) is 4.79 Å². The minimum absolute atomic E-state index is 0.0731. The van der Waals surface area contributed by atoms with Crippen LogP contribution in [-0.4, -0.2) is 70.1 Å². The fraction of sp³-hybridized carbons (Fsp3) is 0.364. The maximum absolute atomic E-state index is 12.6. The van der Waals surface area contributed by atoms with Crippen molar-refractivity contribution >= 4 is 17.5 Å². The van der Waals surface area contributed by atoms with Crippen LogP contribution in [0, 0.1) is 0 Å². The third-order valence-corrected chi connectivity index (χ3v) is 5.09. The molecule has 3 aromatic rings.